The number of aromatic amines is 2. The molecule has 2 aromatic rings. The van der Waals surface area contributed by atoms with Crippen LogP contribution in [0.15, 0.2) is 35.1 Å². The largest absolute Gasteiger partial charge is 0.394 e. The van der Waals surface area contributed by atoms with Crippen molar-refractivity contribution in [2.24, 2.45) is 10.6 Å². The van der Waals surface area contributed by atoms with E-state index in [4.69, 9.17) is 4.84 Å². The van der Waals surface area contributed by atoms with Crippen LogP contribution in [0, 0.1) is 5.41 Å². The maximum atomic E-state index is 12.5. The Kier molecular flexibility index (Phi) is 5.18. The van der Waals surface area contributed by atoms with Crippen LogP contribution in [0.5, 0.6) is 0 Å². The molecule has 0 aromatic carbocycles. The average molecular weight is 393 g/mol. The summed E-state index contributed by atoms with van der Waals surface area (Å²) in [7, 11) is 0. The smallest absolute Gasteiger partial charge is 0.251 e. The molecule has 2 aliphatic rings. The molecule has 0 fully saturated rings. The summed E-state index contributed by atoms with van der Waals surface area (Å²) in [5, 5.41) is 6.16. The number of carbonyl (C=O) groups excluding carboxylic acids is 1. The van der Waals surface area contributed by atoms with Gasteiger partial charge in [0.1, 0.15) is 6.61 Å². The first-order valence-electron chi connectivity index (χ1n) is 10.1. The van der Waals surface area contributed by atoms with E-state index < -0.39 is 0 Å². The van der Waals surface area contributed by atoms with Gasteiger partial charge in [-0.25, -0.2) is 0 Å². The quantitative estimate of drug-likeness (QED) is 0.397. The number of oxime groups is 1. The summed E-state index contributed by atoms with van der Waals surface area (Å²) in [4.78, 5) is 24.3. The van der Waals surface area contributed by atoms with Gasteiger partial charge in [0.05, 0.1) is 6.54 Å². The Morgan fingerprint density at radius 3 is 3.07 bits per heavy atom. The van der Waals surface area contributed by atoms with Gasteiger partial charge in [-0.3, -0.25) is 4.79 Å². The van der Waals surface area contributed by atoms with Gasteiger partial charge in [-0.2, -0.15) is 0 Å². The number of fused-ring (bicyclic) bond motifs is 2. The molecule has 0 radical (unpaired) electrons. The van der Waals surface area contributed by atoms with E-state index in [1.54, 1.807) is 0 Å². The van der Waals surface area contributed by atoms with Crippen LogP contribution in [-0.4, -0.2) is 35.7 Å². The van der Waals surface area contributed by atoms with Crippen LogP contribution < -0.4 is 5.32 Å². The predicted octanol–water partition coefficient (Wildman–Crippen LogP) is 3.77. The molecule has 0 spiro atoms. The monoisotopic (exact) mass is 392 g/mol. The molecule has 4 rings (SSSR count). The second-order valence-electron chi connectivity index (χ2n) is 8.54. The van der Waals surface area contributed by atoms with Crippen molar-refractivity contribution < 1.29 is 9.63 Å². The second kappa shape index (κ2) is 7.78. The molecule has 29 heavy (non-hydrogen) atoms. The highest BCUT2D eigenvalue weighted by Crippen LogP contribution is 2.39. The highest BCUT2D eigenvalue weighted by molar-refractivity contribution is 6.01. The number of nitrogens with one attached hydrogen (secondary N) is 3. The van der Waals surface area contributed by atoms with E-state index in [2.05, 4.69) is 53.3 Å². The zero-order valence-electron chi connectivity index (χ0n) is 17.1. The van der Waals surface area contributed by atoms with Crippen LogP contribution in [0.4, 0.5) is 0 Å². The van der Waals surface area contributed by atoms with Crippen molar-refractivity contribution in [1.29, 1.82) is 0 Å². The molecule has 0 unspecified atom stereocenters. The molecule has 0 saturated carbocycles. The van der Waals surface area contributed by atoms with Crippen molar-refractivity contribution in [2.75, 3.05) is 13.2 Å². The minimum absolute atomic E-state index is 0.120. The standard InChI is InChI=1S/C23H28N4O2/c1-23(2)8-7-17-18(14-26-21(17)13-23)20-12-16-11-15(5-4-6-19(16)27-20)22(28)25-9-10-29-24-3/h4-5,11-12,14,26-27H,3,6-10,13H2,1-2H3,(H,25,28). The summed E-state index contributed by atoms with van der Waals surface area (Å²) < 4.78 is 0. The van der Waals surface area contributed by atoms with Crippen molar-refractivity contribution in [3.63, 3.8) is 0 Å². The van der Waals surface area contributed by atoms with Crippen LogP contribution in [0.3, 0.4) is 0 Å². The fourth-order valence-electron chi connectivity index (χ4n) is 4.20. The first-order valence-corrected chi connectivity index (χ1v) is 10.1. The number of carbonyl (C=O) groups is 1. The fraction of sp³-hybridized carbons (Fsp3) is 0.391. The Balaban J connectivity index is 1.56. The minimum atomic E-state index is -0.120. The summed E-state index contributed by atoms with van der Waals surface area (Å²) in [6.45, 7) is 8.61. The van der Waals surface area contributed by atoms with Crippen LogP contribution >= 0.6 is 0 Å². The molecule has 6 heteroatoms. The van der Waals surface area contributed by atoms with Crippen molar-refractivity contribution >= 4 is 18.7 Å². The van der Waals surface area contributed by atoms with Gasteiger partial charge < -0.3 is 20.1 Å². The van der Waals surface area contributed by atoms with E-state index in [1.165, 1.54) is 23.2 Å². The Bertz CT molecular complexity index is 991. The zero-order valence-corrected chi connectivity index (χ0v) is 17.1. The molecule has 0 atom stereocenters. The number of allylic oxidation sites excluding steroid dienone is 1. The third-order valence-electron chi connectivity index (χ3n) is 5.77. The van der Waals surface area contributed by atoms with E-state index in [0.717, 1.165) is 36.2 Å². The van der Waals surface area contributed by atoms with E-state index in [0.29, 0.717) is 24.1 Å². The molecule has 3 N–H and O–H groups in total. The van der Waals surface area contributed by atoms with Gasteiger partial charge in [-0.05, 0) is 47.9 Å². The topological polar surface area (TPSA) is 82.3 Å². The molecule has 2 heterocycles. The SMILES string of the molecule is C=NOCCNC(=O)C1=Cc2cc(-c3c[nH]c4c3CCC(C)(C)C4)[nH]c2CC=C1. The lowest BCUT2D eigenvalue weighted by molar-refractivity contribution is -0.117. The molecular formula is C23H28N4O2. The van der Waals surface area contributed by atoms with E-state index in [1.807, 2.05) is 18.2 Å². The van der Waals surface area contributed by atoms with Crippen molar-refractivity contribution in [2.45, 2.75) is 39.5 Å². The van der Waals surface area contributed by atoms with Crippen molar-refractivity contribution in [1.82, 2.24) is 15.3 Å². The Morgan fingerprint density at radius 2 is 2.24 bits per heavy atom. The highest BCUT2D eigenvalue weighted by atomic mass is 16.6. The zero-order chi connectivity index (χ0) is 20.4. The van der Waals surface area contributed by atoms with Crippen LogP contribution in [0.1, 0.15) is 42.8 Å². The Labute approximate surface area is 171 Å². The second-order valence-corrected chi connectivity index (χ2v) is 8.54. The van der Waals surface area contributed by atoms with Gasteiger partial charge in [0.15, 0.2) is 0 Å². The number of hydrogen-bond donors (Lipinski definition) is 3. The van der Waals surface area contributed by atoms with Gasteiger partial charge in [0.2, 0.25) is 0 Å². The number of aromatic nitrogens is 2. The van der Waals surface area contributed by atoms with Gasteiger partial charge in [-0.15, -0.1) is 5.16 Å². The number of amides is 1. The summed E-state index contributed by atoms with van der Waals surface area (Å²) in [6.07, 6.45) is 12.1. The molecule has 0 saturated heterocycles. The number of rotatable bonds is 6. The lowest BCUT2D eigenvalue weighted by Crippen LogP contribution is -2.27. The first-order chi connectivity index (χ1) is 14.0. The molecule has 2 aliphatic carbocycles. The first kappa shape index (κ1) is 19.3. The fourth-order valence-corrected chi connectivity index (χ4v) is 4.20. The normalized spacial score (nSPS) is 17.0. The summed E-state index contributed by atoms with van der Waals surface area (Å²) in [6, 6.07) is 2.16. The third-order valence-corrected chi connectivity index (χ3v) is 5.77. The molecule has 152 valence electrons. The maximum Gasteiger partial charge on any atom is 0.251 e. The van der Waals surface area contributed by atoms with Crippen LogP contribution in [-0.2, 0) is 28.9 Å². The summed E-state index contributed by atoms with van der Waals surface area (Å²) in [5.74, 6) is -0.120. The van der Waals surface area contributed by atoms with Gasteiger partial charge in [0.25, 0.3) is 5.91 Å². The highest BCUT2D eigenvalue weighted by Gasteiger charge is 2.28. The van der Waals surface area contributed by atoms with Gasteiger partial charge in [-0.1, -0.05) is 26.0 Å². The lowest BCUT2D eigenvalue weighted by Gasteiger charge is -2.29. The summed E-state index contributed by atoms with van der Waals surface area (Å²) in [5.41, 5.74) is 8.32. The van der Waals surface area contributed by atoms with Crippen LogP contribution in [0.25, 0.3) is 17.3 Å². The van der Waals surface area contributed by atoms with Crippen LogP contribution in [0.2, 0.25) is 0 Å². The Hall–Kier alpha value is -3.02. The predicted molar refractivity (Wildman–Crippen MR) is 116 cm³/mol. The van der Waals surface area contributed by atoms with Gasteiger partial charge >= 0.3 is 0 Å². The van der Waals surface area contributed by atoms with E-state index >= 15 is 0 Å². The van der Waals surface area contributed by atoms with E-state index in [9.17, 15) is 4.79 Å². The molecular weight excluding hydrogens is 364 g/mol. The van der Waals surface area contributed by atoms with E-state index in [-0.39, 0.29) is 5.91 Å². The number of H-pyrrole nitrogens is 2. The van der Waals surface area contributed by atoms with Crippen molar-refractivity contribution in [3.05, 3.63) is 52.5 Å². The minimum Gasteiger partial charge on any atom is -0.394 e. The third kappa shape index (κ3) is 4.06. The van der Waals surface area contributed by atoms with Crippen molar-refractivity contribution in [3.8, 4) is 11.3 Å². The lowest BCUT2D eigenvalue weighted by atomic mass is 9.76. The maximum absolute atomic E-state index is 12.5. The number of hydrogen-bond acceptors (Lipinski definition) is 3. The van der Waals surface area contributed by atoms with Gasteiger partial charge in [0, 0.05) is 47.6 Å². The molecule has 1 amide bonds. The summed E-state index contributed by atoms with van der Waals surface area (Å²) >= 11 is 0. The molecule has 2 aromatic heterocycles. The average Bonchev–Trinajstić information content (AvgIpc) is 3.21. The Morgan fingerprint density at radius 1 is 1.38 bits per heavy atom. The molecule has 0 aliphatic heterocycles. The number of nitrogens with zero attached hydrogens (tertiary/aromatic N) is 1. The molecule has 6 nitrogen and oxygen atoms in total. The molecule has 0 bridgehead atoms.